The van der Waals surface area contributed by atoms with Gasteiger partial charge in [-0.3, -0.25) is 0 Å². The first-order valence-corrected chi connectivity index (χ1v) is 8.13. The molecule has 0 aliphatic heterocycles. The third kappa shape index (κ3) is 5.66. The van der Waals surface area contributed by atoms with Gasteiger partial charge in [0.15, 0.2) is 0 Å². The second-order valence-corrected chi connectivity index (χ2v) is 5.87. The number of hydrogen-bond acceptors (Lipinski definition) is 3. The highest BCUT2D eigenvalue weighted by atomic mass is 35.5. The highest BCUT2D eigenvalue weighted by Gasteiger charge is 2.03. The van der Waals surface area contributed by atoms with Crippen LogP contribution in [0.25, 0.3) is 0 Å². The second-order valence-electron chi connectivity index (χ2n) is 5.46. The van der Waals surface area contributed by atoms with Crippen molar-refractivity contribution in [3.8, 4) is 5.75 Å². The monoisotopic (exact) mass is 347 g/mol. The van der Waals surface area contributed by atoms with Crippen LogP contribution in [-0.2, 0) is 0 Å². The zero-order chi connectivity index (χ0) is 17.4. The minimum Gasteiger partial charge on any atom is -0.492 e. The van der Waals surface area contributed by atoms with Crippen molar-refractivity contribution in [2.45, 2.75) is 6.42 Å². The van der Waals surface area contributed by atoms with E-state index in [1.54, 1.807) is 6.07 Å². The molecule has 2 aromatic carbocycles. The van der Waals surface area contributed by atoms with Crippen molar-refractivity contribution in [2.24, 2.45) is 0 Å². The Labute approximate surface area is 147 Å². The van der Waals surface area contributed by atoms with Gasteiger partial charge in [0.2, 0.25) is 0 Å². The Kier molecular flexibility index (Phi) is 6.75. The molecule has 128 valence electrons. The molecule has 0 aliphatic rings. The molecule has 0 fully saturated rings. The van der Waals surface area contributed by atoms with Gasteiger partial charge in [0.25, 0.3) is 0 Å². The van der Waals surface area contributed by atoms with E-state index in [0.29, 0.717) is 30.3 Å². The van der Waals surface area contributed by atoms with Gasteiger partial charge in [-0.2, -0.15) is 0 Å². The van der Waals surface area contributed by atoms with E-state index < -0.39 is 0 Å². The van der Waals surface area contributed by atoms with Crippen LogP contribution in [0.5, 0.6) is 5.75 Å². The van der Waals surface area contributed by atoms with Crippen LogP contribution in [0.4, 0.5) is 16.2 Å². The fourth-order valence-electron chi connectivity index (χ4n) is 2.06. The number of urea groups is 1. The van der Waals surface area contributed by atoms with Crippen LogP contribution in [0.3, 0.4) is 0 Å². The van der Waals surface area contributed by atoms with E-state index in [1.165, 1.54) is 0 Å². The standard InChI is InChI=1S/C18H22ClN3O2/c1-22(2)15-8-5-7-14(13-15)21-18(23)20-11-6-12-24-17-10-4-3-9-16(17)19/h3-5,7-10,13H,6,11-12H2,1-2H3,(H2,20,21,23). The molecule has 0 bridgehead atoms. The summed E-state index contributed by atoms with van der Waals surface area (Å²) in [5.74, 6) is 0.657. The molecular weight excluding hydrogens is 326 g/mol. The fraction of sp³-hybridized carbons (Fsp3) is 0.278. The number of benzene rings is 2. The van der Waals surface area contributed by atoms with Gasteiger partial charge in [-0.05, 0) is 36.8 Å². The molecule has 6 heteroatoms. The number of carbonyl (C=O) groups is 1. The molecule has 0 spiro atoms. The summed E-state index contributed by atoms with van der Waals surface area (Å²) in [7, 11) is 3.91. The number of ether oxygens (including phenoxy) is 1. The van der Waals surface area contributed by atoms with E-state index in [0.717, 1.165) is 11.4 Å². The van der Waals surface area contributed by atoms with Crippen molar-refractivity contribution in [2.75, 3.05) is 37.5 Å². The molecule has 0 atom stereocenters. The number of para-hydroxylation sites is 1. The second kappa shape index (κ2) is 9.03. The quantitative estimate of drug-likeness (QED) is 0.744. The summed E-state index contributed by atoms with van der Waals surface area (Å²) in [6.45, 7) is 1.00. The van der Waals surface area contributed by atoms with E-state index in [2.05, 4.69) is 10.6 Å². The van der Waals surface area contributed by atoms with Crippen LogP contribution in [0, 0.1) is 0 Å². The van der Waals surface area contributed by atoms with Crippen LogP contribution in [0.1, 0.15) is 6.42 Å². The highest BCUT2D eigenvalue weighted by Crippen LogP contribution is 2.23. The lowest BCUT2D eigenvalue weighted by Crippen LogP contribution is -2.30. The Morgan fingerprint density at radius 3 is 2.71 bits per heavy atom. The molecule has 0 radical (unpaired) electrons. The first kappa shape index (κ1) is 17.9. The van der Waals surface area contributed by atoms with Gasteiger partial charge >= 0.3 is 6.03 Å². The van der Waals surface area contributed by atoms with Crippen LogP contribution in [-0.4, -0.2) is 33.3 Å². The molecule has 2 amide bonds. The van der Waals surface area contributed by atoms with Gasteiger partial charge in [-0.15, -0.1) is 0 Å². The topological polar surface area (TPSA) is 53.6 Å². The number of anilines is 2. The van der Waals surface area contributed by atoms with Gasteiger partial charge in [-0.1, -0.05) is 29.8 Å². The fourth-order valence-corrected chi connectivity index (χ4v) is 2.25. The molecule has 2 rings (SSSR count). The molecule has 2 N–H and O–H groups in total. The Balaban J connectivity index is 1.68. The van der Waals surface area contributed by atoms with Crippen molar-refractivity contribution in [3.05, 3.63) is 53.6 Å². The van der Waals surface area contributed by atoms with Crippen LogP contribution in [0.15, 0.2) is 48.5 Å². The normalized spacial score (nSPS) is 10.1. The first-order chi connectivity index (χ1) is 11.6. The van der Waals surface area contributed by atoms with Gasteiger partial charge in [-0.25, -0.2) is 4.79 Å². The van der Waals surface area contributed by atoms with Crippen molar-refractivity contribution in [1.82, 2.24) is 5.32 Å². The summed E-state index contributed by atoms with van der Waals surface area (Å²) in [4.78, 5) is 13.9. The Hall–Kier alpha value is -2.40. The van der Waals surface area contributed by atoms with Gasteiger partial charge in [0.1, 0.15) is 5.75 Å². The number of rotatable bonds is 7. The maximum Gasteiger partial charge on any atom is 0.319 e. The maximum atomic E-state index is 11.9. The number of carbonyl (C=O) groups excluding carboxylic acids is 1. The van der Waals surface area contributed by atoms with Crippen molar-refractivity contribution >= 4 is 29.0 Å². The SMILES string of the molecule is CN(C)c1cccc(NC(=O)NCCCOc2ccccc2Cl)c1. The summed E-state index contributed by atoms with van der Waals surface area (Å²) in [6.07, 6.45) is 0.691. The lowest BCUT2D eigenvalue weighted by atomic mass is 10.2. The average molecular weight is 348 g/mol. The minimum atomic E-state index is -0.233. The Bertz CT molecular complexity index is 677. The van der Waals surface area contributed by atoms with E-state index in [1.807, 2.05) is 61.5 Å². The number of hydrogen-bond donors (Lipinski definition) is 2. The highest BCUT2D eigenvalue weighted by molar-refractivity contribution is 6.32. The lowest BCUT2D eigenvalue weighted by Gasteiger charge is -2.14. The van der Waals surface area contributed by atoms with Crippen molar-refractivity contribution in [1.29, 1.82) is 0 Å². The smallest absolute Gasteiger partial charge is 0.319 e. The molecule has 5 nitrogen and oxygen atoms in total. The zero-order valence-electron chi connectivity index (χ0n) is 13.9. The van der Waals surface area contributed by atoms with Gasteiger partial charge in [0.05, 0.1) is 11.6 Å². The minimum absolute atomic E-state index is 0.233. The van der Waals surface area contributed by atoms with E-state index in [-0.39, 0.29) is 6.03 Å². The predicted molar refractivity (Wildman–Crippen MR) is 99.4 cm³/mol. The lowest BCUT2D eigenvalue weighted by molar-refractivity contribution is 0.250. The number of nitrogens with zero attached hydrogens (tertiary/aromatic N) is 1. The first-order valence-electron chi connectivity index (χ1n) is 7.76. The molecule has 24 heavy (non-hydrogen) atoms. The van der Waals surface area contributed by atoms with E-state index in [4.69, 9.17) is 16.3 Å². The maximum absolute atomic E-state index is 11.9. The number of amides is 2. The van der Waals surface area contributed by atoms with Crippen molar-refractivity contribution in [3.63, 3.8) is 0 Å². The summed E-state index contributed by atoms with van der Waals surface area (Å²) in [5.41, 5.74) is 1.78. The number of halogens is 1. The van der Waals surface area contributed by atoms with Crippen LogP contribution < -0.4 is 20.3 Å². The van der Waals surface area contributed by atoms with Gasteiger partial charge in [0, 0.05) is 32.0 Å². The summed E-state index contributed by atoms with van der Waals surface area (Å²) in [5, 5.41) is 6.21. The third-order valence-electron chi connectivity index (χ3n) is 3.32. The van der Waals surface area contributed by atoms with Crippen molar-refractivity contribution < 1.29 is 9.53 Å². The molecule has 0 unspecified atom stereocenters. The van der Waals surface area contributed by atoms with Gasteiger partial charge < -0.3 is 20.3 Å². The predicted octanol–water partition coefficient (Wildman–Crippen LogP) is 4.00. The Morgan fingerprint density at radius 1 is 1.17 bits per heavy atom. The van der Waals surface area contributed by atoms with E-state index in [9.17, 15) is 4.79 Å². The molecule has 2 aromatic rings. The van der Waals surface area contributed by atoms with Crippen LogP contribution >= 0.6 is 11.6 Å². The Morgan fingerprint density at radius 2 is 1.96 bits per heavy atom. The van der Waals surface area contributed by atoms with Crippen LogP contribution in [0.2, 0.25) is 5.02 Å². The zero-order valence-corrected chi connectivity index (χ0v) is 14.6. The summed E-state index contributed by atoms with van der Waals surface area (Å²) < 4.78 is 5.57. The third-order valence-corrected chi connectivity index (χ3v) is 3.63. The molecule has 0 saturated heterocycles. The molecule has 0 heterocycles. The van der Waals surface area contributed by atoms with E-state index >= 15 is 0 Å². The summed E-state index contributed by atoms with van der Waals surface area (Å²) >= 11 is 6.00. The largest absolute Gasteiger partial charge is 0.492 e. The molecular formula is C18H22ClN3O2. The summed E-state index contributed by atoms with van der Waals surface area (Å²) in [6, 6.07) is 14.7. The molecule has 0 aromatic heterocycles. The number of nitrogens with one attached hydrogen (secondary N) is 2. The average Bonchev–Trinajstić information content (AvgIpc) is 2.56. The molecule has 0 saturated carbocycles. The molecule has 0 aliphatic carbocycles.